The van der Waals surface area contributed by atoms with Crippen LogP contribution in [-0.2, 0) is 14.8 Å². The second kappa shape index (κ2) is 9.08. The molecule has 168 valence electrons. The number of nitrogens with one attached hydrogen (secondary N) is 1. The molecule has 0 atom stereocenters. The molecule has 0 heterocycles. The fraction of sp³-hybridized carbons (Fsp3) is 0.148. The van der Waals surface area contributed by atoms with E-state index < -0.39 is 15.9 Å². The summed E-state index contributed by atoms with van der Waals surface area (Å²) < 4.78 is 28.4. The number of sulfonamides is 1. The maximum atomic E-state index is 13.6. The van der Waals surface area contributed by atoms with E-state index in [2.05, 4.69) is 5.32 Å². The minimum absolute atomic E-state index is 0.145. The first kappa shape index (κ1) is 22.6. The van der Waals surface area contributed by atoms with Gasteiger partial charge in [-0.2, -0.15) is 0 Å². The third kappa shape index (κ3) is 4.91. The summed E-state index contributed by atoms with van der Waals surface area (Å²) in [5, 5.41) is 4.91. The molecule has 0 spiro atoms. The maximum absolute atomic E-state index is 13.6. The van der Waals surface area contributed by atoms with Crippen LogP contribution < -0.4 is 9.62 Å². The van der Waals surface area contributed by atoms with E-state index in [0.717, 1.165) is 27.5 Å². The van der Waals surface area contributed by atoms with Crippen molar-refractivity contribution in [3.05, 3.63) is 102 Å². The molecular weight excluding hydrogens is 432 g/mol. The van der Waals surface area contributed by atoms with Gasteiger partial charge in [0.25, 0.3) is 10.0 Å². The number of benzene rings is 4. The summed E-state index contributed by atoms with van der Waals surface area (Å²) in [6, 6.07) is 25.6. The van der Waals surface area contributed by atoms with Gasteiger partial charge in [-0.25, -0.2) is 8.42 Å². The summed E-state index contributed by atoms with van der Waals surface area (Å²) in [4.78, 5) is 13.2. The van der Waals surface area contributed by atoms with Crippen molar-refractivity contribution in [1.29, 1.82) is 0 Å². The number of hydrogen-bond donors (Lipinski definition) is 1. The van der Waals surface area contributed by atoms with Crippen LogP contribution in [0.15, 0.2) is 89.8 Å². The van der Waals surface area contributed by atoms with Crippen LogP contribution in [0.4, 0.5) is 11.4 Å². The van der Waals surface area contributed by atoms with Crippen LogP contribution in [0.2, 0.25) is 0 Å². The second-order valence-corrected chi connectivity index (χ2v) is 10.1. The molecule has 0 aliphatic heterocycles. The van der Waals surface area contributed by atoms with Crippen molar-refractivity contribution in [2.24, 2.45) is 0 Å². The van der Waals surface area contributed by atoms with Crippen molar-refractivity contribution in [2.75, 3.05) is 16.2 Å². The van der Waals surface area contributed by atoms with E-state index in [-0.39, 0.29) is 11.4 Å². The molecule has 1 amide bonds. The standard InChI is InChI=1S/C27H26N2O3S/c1-19-8-13-25(14-9-19)33(31,32)29(26-15-10-20(2)16-21(26)3)18-27(30)28-24-12-11-22-6-4-5-7-23(22)17-24/h4-17H,18H2,1-3H3,(H,28,30). The van der Waals surface area contributed by atoms with E-state index in [1.165, 1.54) is 4.31 Å². The summed E-state index contributed by atoms with van der Waals surface area (Å²) in [5.74, 6) is -0.416. The van der Waals surface area contributed by atoms with Crippen molar-refractivity contribution in [2.45, 2.75) is 25.7 Å². The number of aryl methyl sites for hydroxylation is 3. The zero-order valence-corrected chi connectivity index (χ0v) is 19.7. The molecule has 5 nitrogen and oxygen atoms in total. The fourth-order valence-corrected chi connectivity index (χ4v) is 5.31. The third-order valence-corrected chi connectivity index (χ3v) is 7.32. The van der Waals surface area contributed by atoms with E-state index in [9.17, 15) is 13.2 Å². The Morgan fingerprint density at radius 2 is 1.45 bits per heavy atom. The van der Waals surface area contributed by atoms with Crippen LogP contribution in [0.1, 0.15) is 16.7 Å². The summed E-state index contributed by atoms with van der Waals surface area (Å²) in [6.45, 7) is 5.35. The minimum Gasteiger partial charge on any atom is -0.324 e. The predicted molar refractivity (Wildman–Crippen MR) is 134 cm³/mol. The van der Waals surface area contributed by atoms with Gasteiger partial charge in [0, 0.05) is 5.69 Å². The molecule has 0 bridgehead atoms. The molecule has 0 aromatic heterocycles. The highest BCUT2D eigenvalue weighted by Crippen LogP contribution is 2.28. The topological polar surface area (TPSA) is 66.5 Å². The number of nitrogens with zero attached hydrogens (tertiary/aromatic N) is 1. The highest BCUT2D eigenvalue weighted by atomic mass is 32.2. The molecule has 4 aromatic rings. The van der Waals surface area contributed by atoms with E-state index in [1.54, 1.807) is 30.3 Å². The Balaban J connectivity index is 1.68. The Hall–Kier alpha value is -3.64. The van der Waals surface area contributed by atoms with E-state index >= 15 is 0 Å². The Morgan fingerprint density at radius 1 is 0.788 bits per heavy atom. The van der Waals surface area contributed by atoms with Gasteiger partial charge < -0.3 is 5.32 Å². The van der Waals surface area contributed by atoms with Gasteiger partial charge >= 0.3 is 0 Å². The molecule has 0 aliphatic carbocycles. The highest BCUT2D eigenvalue weighted by molar-refractivity contribution is 7.92. The zero-order valence-electron chi connectivity index (χ0n) is 18.9. The molecule has 6 heteroatoms. The molecule has 0 unspecified atom stereocenters. The van der Waals surface area contributed by atoms with Crippen LogP contribution in [-0.4, -0.2) is 20.9 Å². The lowest BCUT2D eigenvalue weighted by molar-refractivity contribution is -0.114. The van der Waals surface area contributed by atoms with Gasteiger partial charge in [-0.15, -0.1) is 0 Å². The lowest BCUT2D eigenvalue weighted by atomic mass is 10.1. The quantitative estimate of drug-likeness (QED) is 0.409. The van der Waals surface area contributed by atoms with E-state index in [4.69, 9.17) is 0 Å². The van der Waals surface area contributed by atoms with Gasteiger partial charge in [-0.3, -0.25) is 9.10 Å². The molecule has 4 rings (SSSR count). The number of hydrogen-bond acceptors (Lipinski definition) is 3. The average molecular weight is 459 g/mol. The van der Waals surface area contributed by atoms with Gasteiger partial charge in [-0.1, -0.05) is 65.7 Å². The molecule has 0 fully saturated rings. The van der Waals surface area contributed by atoms with Crippen molar-refractivity contribution < 1.29 is 13.2 Å². The van der Waals surface area contributed by atoms with Crippen molar-refractivity contribution in [3.63, 3.8) is 0 Å². The highest BCUT2D eigenvalue weighted by Gasteiger charge is 2.28. The summed E-state index contributed by atoms with van der Waals surface area (Å²) >= 11 is 0. The van der Waals surface area contributed by atoms with Crippen molar-refractivity contribution in [1.82, 2.24) is 0 Å². The van der Waals surface area contributed by atoms with Gasteiger partial charge in [-0.05, 0) is 67.4 Å². The molecule has 0 radical (unpaired) electrons. The molecular formula is C27H26N2O3S. The first-order valence-corrected chi connectivity index (χ1v) is 12.1. The van der Waals surface area contributed by atoms with Crippen LogP contribution in [0.25, 0.3) is 10.8 Å². The Kier molecular flexibility index (Phi) is 6.20. The lowest BCUT2D eigenvalue weighted by Gasteiger charge is -2.26. The number of rotatable bonds is 6. The Labute approximate surface area is 194 Å². The third-order valence-electron chi connectivity index (χ3n) is 5.55. The zero-order chi connectivity index (χ0) is 23.6. The van der Waals surface area contributed by atoms with Gasteiger partial charge in [0.05, 0.1) is 10.6 Å². The fourth-order valence-electron chi connectivity index (χ4n) is 3.82. The Morgan fingerprint density at radius 3 is 2.15 bits per heavy atom. The van der Waals surface area contributed by atoms with Crippen LogP contribution in [0.3, 0.4) is 0 Å². The van der Waals surface area contributed by atoms with Crippen LogP contribution in [0.5, 0.6) is 0 Å². The molecule has 1 N–H and O–H groups in total. The average Bonchev–Trinajstić information content (AvgIpc) is 2.78. The first-order valence-electron chi connectivity index (χ1n) is 10.7. The van der Waals surface area contributed by atoms with Gasteiger partial charge in [0.2, 0.25) is 5.91 Å². The molecule has 4 aromatic carbocycles. The van der Waals surface area contributed by atoms with Crippen LogP contribution in [0, 0.1) is 20.8 Å². The smallest absolute Gasteiger partial charge is 0.264 e. The molecule has 0 aliphatic rings. The number of amides is 1. The predicted octanol–water partition coefficient (Wildman–Crippen LogP) is 5.60. The second-order valence-electron chi connectivity index (χ2n) is 8.22. The van der Waals surface area contributed by atoms with Crippen LogP contribution >= 0.6 is 0 Å². The van der Waals surface area contributed by atoms with E-state index in [1.807, 2.05) is 75.4 Å². The summed E-state index contributed by atoms with van der Waals surface area (Å²) in [6.07, 6.45) is 0. The summed E-state index contributed by atoms with van der Waals surface area (Å²) in [5.41, 5.74) is 3.86. The van der Waals surface area contributed by atoms with Gasteiger partial charge in [0.15, 0.2) is 0 Å². The first-order chi connectivity index (χ1) is 15.7. The van der Waals surface area contributed by atoms with Crippen molar-refractivity contribution in [3.8, 4) is 0 Å². The normalized spacial score (nSPS) is 11.4. The maximum Gasteiger partial charge on any atom is 0.264 e. The van der Waals surface area contributed by atoms with Crippen molar-refractivity contribution >= 4 is 38.1 Å². The lowest BCUT2D eigenvalue weighted by Crippen LogP contribution is -2.38. The number of anilines is 2. The monoisotopic (exact) mass is 458 g/mol. The minimum atomic E-state index is -3.96. The molecule has 0 saturated heterocycles. The Bertz CT molecular complexity index is 1430. The number of carbonyl (C=O) groups is 1. The van der Waals surface area contributed by atoms with E-state index in [0.29, 0.717) is 11.4 Å². The molecule has 0 saturated carbocycles. The SMILES string of the molecule is Cc1ccc(S(=O)(=O)N(CC(=O)Nc2ccc3ccccc3c2)c2ccc(C)cc2C)cc1. The number of carbonyl (C=O) groups excluding carboxylic acids is 1. The van der Waals surface area contributed by atoms with Gasteiger partial charge in [0.1, 0.15) is 6.54 Å². The molecule has 33 heavy (non-hydrogen) atoms. The summed E-state index contributed by atoms with van der Waals surface area (Å²) in [7, 11) is -3.96. The largest absolute Gasteiger partial charge is 0.324 e. The number of fused-ring (bicyclic) bond motifs is 1.